The van der Waals surface area contributed by atoms with Crippen LogP contribution in [0.2, 0.25) is 0 Å². The topological polar surface area (TPSA) is 85.4 Å². The Balaban J connectivity index is 2.00. The van der Waals surface area contributed by atoms with Crippen LogP contribution in [0.25, 0.3) is 0 Å². The fourth-order valence-electron chi connectivity index (χ4n) is 4.31. The first kappa shape index (κ1) is 24.9. The fraction of sp³-hybridized carbons (Fsp3) is 0.458. The molecule has 0 N–H and O–H groups in total. The highest BCUT2D eigenvalue weighted by Crippen LogP contribution is 2.40. The van der Waals surface area contributed by atoms with Crippen molar-refractivity contribution in [2.75, 3.05) is 41.0 Å². The van der Waals surface area contributed by atoms with Crippen LogP contribution in [0.4, 0.5) is 0 Å². The van der Waals surface area contributed by atoms with Gasteiger partial charge in [0.2, 0.25) is 10.0 Å². The molecule has 9 heteroatoms. The van der Waals surface area contributed by atoms with Crippen molar-refractivity contribution < 1.29 is 27.4 Å². The van der Waals surface area contributed by atoms with Crippen LogP contribution in [0.1, 0.15) is 48.7 Å². The molecule has 8 nitrogen and oxygen atoms in total. The van der Waals surface area contributed by atoms with Crippen LogP contribution in [0.3, 0.4) is 0 Å². The fourth-order valence-corrected chi connectivity index (χ4v) is 5.95. The zero-order valence-corrected chi connectivity index (χ0v) is 20.6. The summed E-state index contributed by atoms with van der Waals surface area (Å²) in [4.78, 5) is 15.3. The van der Waals surface area contributed by atoms with Gasteiger partial charge in [0.05, 0.1) is 27.4 Å². The summed E-state index contributed by atoms with van der Waals surface area (Å²) < 4.78 is 43.9. The van der Waals surface area contributed by atoms with Gasteiger partial charge < -0.3 is 19.1 Å². The molecule has 1 saturated heterocycles. The zero-order valence-electron chi connectivity index (χ0n) is 19.8. The van der Waals surface area contributed by atoms with Crippen LogP contribution in [0.5, 0.6) is 17.2 Å². The predicted molar refractivity (Wildman–Crippen MR) is 126 cm³/mol. The molecule has 1 fully saturated rings. The van der Waals surface area contributed by atoms with E-state index < -0.39 is 10.0 Å². The number of likely N-dealkylation sites (tertiary alicyclic amines) is 1. The molecule has 0 spiro atoms. The molecule has 0 radical (unpaired) electrons. The number of methoxy groups -OCH3 is 3. The third-order valence-electron chi connectivity index (χ3n) is 6.05. The number of hydrogen-bond donors (Lipinski definition) is 0. The lowest BCUT2D eigenvalue weighted by atomic mass is 10.0. The summed E-state index contributed by atoms with van der Waals surface area (Å²) in [6.07, 6.45) is 1.63. The van der Waals surface area contributed by atoms with Gasteiger partial charge in [0.25, 0.3) is 5.91 Å². The van der Waals surface area contributed by atoms with Crippen molar-refractivity contribution >= 4 is 15.9 Å². The summed E-state index contributed by atoms with van der Waals surface area (Å²) in [5.74, 6) is 1.31. The van der Waals surface area contributed by atoms with E-state index in [0.717, 1.165) is 18.4 Å². The molecule has 1 aliphatic rings. The van der Waals surface area contributed by atoms with E-state index in [0.29, 0.717) is 36.7 Å². The minimum absolute atomic E-state index is 0.00248. The molecular formula is C24H32N2O6S. The van der Waals surface area contributed by atoms with E-state index in [9.17, 15) is 13.2 Å². The van der Waals surface area contributed by atoms with E-state index >= 15 is 0 Å². The van der Waals surface area contributed by atoms with Crippen LogP contribution in [-0.2, 0) is 10.0 Å². The highest BCUT2D eigenvalue weighted by atomic mass is 32.2. The smallest absolute Gasteiger partial charge is 0.254 e. The number of carbonyl (C=O) groups is 1. The highest BCUT2D eigenvalue weighted by molar-refractivity contribution is 7.89. The van der Waals surface area contributed by atoms with Gasteiger partial charge >= 0.3 is 0 Å². The van der Waals surface area contributed by atoms with E-state index in [2.05, 4.69) is 0 Å². The summed E-state index contributed by atoms with van der Waals surface area (Å²) in [6, 6.07) is 9.97. The molecule has 0 bridgehead atoms. The first-order valence-corrected chi connectivity index (χ1v) is 12.5. The number of benzene rings is 2. The van der Waals surface area contributed by atoms with Crippen molar-refractivity contribution in [1.82, 2.24) is 9.21 Å². The lowest BCUT2D eigenvalue weighted by molar-refractivity contribution is 0.0734. The largest absolute Gasteiger partial charge is 0.497 e. The molecule has 1 unspecified atom stereocenters. The van der Waals surface area contributed by atoms with Crippen LogP contribution < -0.4 is 14.2 Å². The molecule has 180 valence electrons. The third-order valence-corrected chi connectivity index (χ3v) is 8.12. The molecule has 1 heterocycles. The normalized spacial score (nSPS) is 16.2. The highest BCUT2D eigenvalue weighted by Gasteiger charge is 2.34. The number of hydrogen-bond acceptors (Lipinski definition) is 6. The van der Waals surface area contributed by atoms with Gasteiger partial charge in [0, 0.05) is 36.8 Å². The van der Waals surface area contributed by atoms with Crippen molar-refractivity contribution in [2.24, 2.45) is 0 Å². The van der Waals surface area contributed by atoms with Crippen LogP contribution >= 0.6 is 0 Å². The van der Waals surface area contributed by atoms with Crippen LogP contribution in [0.15, 0.2) is 41.3 Å². The Kier molecular flexibility index (Phi) is 7.86. The standard InChI is InChI=1S/C24H32N2O6S/c1-6-25(7-2)33(28,29)23-15-17(10-13-21(23)31-4)24(27)26-14-8-9-20(26)19-12-11-18(30-3)16-22(19)32-5/h10-13,15-16,20H,6-9,14H2,1-5H3. The second-order valence-electron chi connectivity index (χ2n) is 7.72. The summed E-state index contributed by atoms with van der Waals surface area (Å²) in [5, 5.41) is 0. The quantitative estimate of drug-likeness (QED) is 0.548. The minimum Gasteiger partial charge on any atom is -0.497 e. The third kappa shape index (κ3) is 4.79. The molecule has 1 amide bonds. The Morgan fingerprint density at radius 3 is 2.30 bits per heavy atom. The SMILES string of the molecule is CCN(CC)S(=O)(=O)c1cc(C(=O)N2CCCC2c2ccc(OC)cc2OC)ccc1OC. The number of sulfonamides is 1. The van der Waals surface area contributed by atoms with Crippen molar-refractivity contribution in [1.29, 1.82) is 0 Å². The van der Waals surface area contributed by atoms with Crippen molar-refractivity contribution in [3.05, 3.63) is 47.5 Å². The van der Waals surface area contributed by atoms with Gasteiger partial charge in [-0.1, -0.05) is 13.8 Å². The molecule has 3 rings (SSSR count). The molecule has 0 aromatic heterocycles. The van der Waals surface area contributed by atoms with E-state index in [1.165, 1.54) is 17.5 Å². The van der Waals surface area contributed by atoms with Gasteiger partial charge in [-0.05, 0) is 43.2 Å². The monoisotopic (exact) mass is 476 g/mol. The molecular weight excluding hydrogens is 444 g/mol. The average Bonchev–Trinajstić information content (AvgIpc) is 3.32. The van der Waals surface area contributed by atoms with Gasteiger partial charge in [0.1, 0.15) is 22.1 Å². The minimum atomic E-state index is -3.80. The molecule has 0 aliphatic carbocycles. The van der Waals surface area contributed by atoms with Crippen molar-refractivity contribution in [3.8, 4) is 17.2 Å². The van der Waals surface area contributed by atoms with Gasteiger partial charge in [-0.25, -0.2) is 8.42 Å². The molecule has 1 atom stereocenters. The number of amides is 1. The molecule has 2 aromatic rings. The second-order valence-corrected chi connectivity index (χ2v) is 9.63. The summed E-state index contributed by atoms with van der Waals surface area (Å²) >= 11 is 0. The molecule has 33 heavy (non-hydrogen) atoms. The number of carbonyl (C=O) groups excluding carboxylic acids is 1. The Bertz CT molecular complexity index is 1100. The first-order chi connectivity index (χ1) is 15.8. The average molecular weight is 477 g/mol. The first-order valence-electron chi connectivity index (χ1n) is 11.0. The van der Waals surface area contributed by atoms with Gasteiger partial charge in [0.15, 0.2) is 0 Å². The van der Waals surface area contributed by atoms with Gasteiger partial charge in [-0.2, -0.15) is 4.31 Å². The van der Waals surface area contributed by atoms with E-state index in [4.69, 9.17) is 14.2 Å². The Labute approximate surface area is 196 Å². The summed E-state index contributed by atoms with van der Waals surface area (Å²) in [6.45, 7) is 4.78. The Morgan fingerprint density at radius 2 is 1.70 bits per heavy atom. The van der Waals surface area contributed by atoms with Gasteiger partial charge in [-0.15, -0.1) is 0 Å². The summed E-state index contributed by atoms with van der Waals surface area (Å²) in [7, 11) is 0.798. The lowest BCUT2D eigenvalue weighted by Crippen LogP contribution is -2.32. The molecule has 2 aromatic carbocycles. The maximum atomic E-state index is 13.6. The van der Waals surface area contributed by atoms with Gasteiger partial charge in [-0.3, -0.25) is 4.79 Å². The maximum Gasteiger partial charge on any atom is 0.254 e. The maximum absolute atomic E-state index is 13.6. The lowest BCUT2D eigenvalue weighted by Gasteiger charge is -2.27. The van der Waals surface area contributed by atoms with Crippen molar-refractivity contribution in [3.63, 3.8) is 0 Å². The Hall–Kier alpha value is -2.78. The predicted octanol–water partition coefficient (Wildman–Crippen LogP) is 3.72. The Morgan fingerprint density at radius 1 is 1.00 bits per heavy atom. The van der Waals surface area contributed by atoms with E-state index in [-0.39, 0.29) is 22.6 Å². The number of nitrogens with zero attached hydrogens (tertiary/aromatic N) is 2. The molecule has 0 saturated carbocycles. The zero-order chi connectivity index (χ0) is 24.2. The van der Waals surface area contributed by atoms with E-state index in [1.807, 2.05) is 12.1 Å². The van der Waals surface area contributed by atoms with Crippen LogP contribution in [0, 0.1) is 0 Å². The summed E-state index contributed by atoms with van der Waals surface area (Å²) in [5.41, 5.74) is 1.20. The second kappa shape index (κ2) is 10.4. The molecule has 1 aliphatic heterocycles. The van der Waals surface area contributed by atoms with Crippen molar-refractivity contribution in [2.45, 2.75) is 37.6 Å². The number of ether oxygens (including phenoxy) is 3. The van der Waals surface area contributed by atoms with Crippen LogP contribution in [-0.4, -0.2) is 64.5 Å². The van der Waals surface area contributed by atoms with E-state index in [1.54, 1.807) is 51.2 Å². The number of rotatable bonds is 9.